The van der Waals surface area contributed by atoms with Crippen molar-refractivity contribution < 1.29 is 4.79 Å². The third kappa shape index (κ3) is 3.35. The average Bonchev–Trinajstić information content (AvgIpc) is 3.36. The number of aryl methyl sites for hydroxylation is 1. The van der Waals surface area contributed by atoms with Crippen LogP contribution in [0.1, 0.15) is 50.2 Å². The third-order valence-electron chi connectivity index (χ3n) is 6.82. The highest BCUT2D eigenvalue weighted by atomic mass is 35.5. The number of nitrogens with one attached hydrogen (secondary N) is 1. The summed E-state index contributed by atoms with van der Waals surface area (Å²) in [5.41, 5.74) is 12.1. The highest BCUT2D eigenvalue weighted by Gasteiger charge is 2.45. The lowest BCUT2D eigenvalue weighted by atomic mass is 9.75. The van der Waals surface area contributed by atoms with Crippen molar-refractivity contribution in [1.82, 2.24) is 0 Å². The molecule has 2 aliphatic carbocycles. The first kappa shape index (κ1) is 19.4. The zero-order valence-electron chi connectivity index (χ0n) is 17.2. The zero-order valence-corrected chi connectivity index (χ0v) is 18.0. The average molecular weight is 423 g/mol. The zero-order chi connectivity index (χ0) is 20.8. The lowest BCUT2D eigenvalue weighted by Gasteiger charge is -2.34. The van der Waals surface area contributed by atoms with E-state index >= 15 is 0 Å². The number of anilines is 3. The molecule has 30 heavy (non-hydrogen) atoms. The summed E-state index contributed by atoms with van der Waals surface area (Å²) in [6, 6.07) is 12.4. The van der Waals surface area contributed by atoms with E-state index in [2.05, 4.69) is 22.5 Å². The van der Waals surface area contributed by atoms with Gasteiger partial charge in [0.15, 0.2) is 0 Å². The predicted molar refractivity (Wildman–Crippen MR) is 123 cm³/mol. The summed E-state index contributed by atoms with van der Waals surface area (Å²) < 4.78 is 0. The Morgan fingerprint density at radius 1 is 1.17 bits per heavy atom. The SMILES string of the molecule is CC(=O)Nc1ccc2c(c1)CCC1C2=NN(c2ccc(N)c(Cl)c2)C1C1CCCC1. The van der Waals surface area contributed by atoms with Crippen molar-refractivity contribution in [3.63, 3.8) is 0 Å². The van der Waals surface area contributed by atoms with Gasteiger partial charge in [0.1, 0.15) is 0 Å². The summed E-state index contributed by atoms with van der Waals surface area (Å²) in [5, 5.41) is 10.9. The molecule has 5 rings (SSSR count). The molecular formula is C24H27ClN4O. The first-order valence-corrected chi connectivity index (χ1v) is 11.2. The molecule has 1 heterocycles. The number of benzene rings is 2. The normalized spacial score (nSPS) is 23.1. The van der Waals surface area contributed by atoms with Crippen molar-refractivity contribution in [2.45, 2.75) is 51.5 Å². The second-order valence-corrected chi connectivity index (χ2v) is 9.18. The van der Waals surface area contributed by atoms with Gasteiger partial charge in [0.25, 0.3) is 0 Å². The Morgan fingerprint density at radius 2 is 1.97 bits per heavy atom. The number of fused-ring (bicyclic) bond motifs is 3. The fraction of sp³-hybridized carbons (Fsp3) is 0.417. The Bertz CT molecular complexity index is 1030. The molecule has 1 aliphatic heterocycles. The molecular weight excluding hydrogens is 396 g/mol. The molecule has 1 amide bonds. The number of hydrogen-bond acceptors (Lipinski definition) is 4. The molecule has 5 nitrogen and oxygen atoms in total. The van der Waals surface area contributed by atoms with Gasteiger partial charge in [0.05, 0.1) is 28.2 Å². The number of nitrogens with two attached hydrogens (primary N) is 1. The van der Waals surface area contributed by atoms with Crippen molar-refractivity contribution in [2.24, 2.45) is 16.9 Å². The fourth-order valence-electron chi connectivity index (χ4n) is 5.51. The second kappa shape index (κ2) is 7.62. The molecule has 2 aromatic carbocycles. The highest BCUT2D eigenvalue weighted by Crippen LogP contribution is 2.45. The molecule has 2 aromatic rings. The van der Waals surface area contributed by atoms with Gasteiger partial charge in [-0.3, -0.25) is 9.80 Å². The number of carbonyl (C=O) groups is 1. The van der Waals surface area contributed by atoms with Gasteiger partial charge < -0.3 is 11.1 Å². The van der Waals surface area contributed by atoms with Crippen LogP contribution in [0, 0.1) is 11.8 Å². The lowest BCUT2D eigenvalue weighted by molar-refractivity contribution is -0.114. The van der Waals surface area contributed by atoms with E-state index in [0.717, 1.165) is 24.2 Å². The number of nitrogen functional groups attached to an aromatic ring is 1. The van der Waals surface area contributed by atoms with E-state index < -0.39 is 0 Å². The number of nitrogens with zero attached hydrogens (tertiary/aromatic N) is 2. The van der Waals surface area contributed by atoms with Crippen LogP contribution in [0.2, 0.25) is 5.02 Å². The first-order valence-electron chi connectivity index (χ1n) is 10.8. The van der Waals surface area contributed by atoms with Crippen LogP contribution in [0.3, 0.4) is 0 Å². The van der Waals surface area contributed by atoms with Crippen LogP contribution >= 0.6 is 11.6 Å². The molecule has 2 atom stereocenters. The molecule has 2 unspecified atom stereocenters. The second-order valence-electron chi connectivity index (χ2n) is 8.77. The van der Waals surface area contributed by atoms with Crippen LogP contribution in [-0.2, 0) is 11.2 Å². The van der Waals surface area contributed by atoms with Gasteiger partial charge >= 0.3 is 0 Å². The number of hydrazone groups is 1. The Kier molecular flexibility index (Phi) is 4.94. The van der Waals surface area contributed by atoms with Gasteiger partial charge in [0.2, 0.25) is 5.91 Å². The van der Waals surface area contributed by atoms with E-state index in [0.29, 0.717) is 28.6 Å². The molecule has 0 radical (unpaired) electrons. The minimum atomic E-state index is -0.0467. The summed E-state index contributed by atoms with van der Waals surface area (Å²) in [6.45, 7) is 1.54. The van der Waals surface area contributed by atoms with Gasteiger partial charge in [-0.1, -0.05) is 30.5 Å². The number of carbonyl (C=O) groups excluding carboxylic acids is 1. The van der Waals surface area contributed by atoms with Gasteiger partial charge in [0, 0.05) is 24.1 Å². The molecule has 3 N–H and O–H groups in total. The number of rotatable bonds is 3. The van der Waals surface area contributed by atoms with E-state index in [4.69, 9.17) is 22.4 Å². The van der Waals surface area contributed by atoms with Crippen molar-refractivity contribution >= 4 is 40.3 Å². The van der Waals surface area contributed by atoms with Gasteiger partial charge in [-0.05, 0) is 67.5 Å². The van der Waals surface area contributed by atoms with Crippen LogP contribution in [0.5, 0.6) is 0 Å². The number of halogens is 1. The van der Waals surface area contributed by atoms with Crippen molar-refractivity contribution in [2.75, 3.05) is 16.1 Å². The standard InChI is InChI=1S/C24H27ClN4O/c1-14(30)27-17-7-10-19-16(12-17)6-9-20-23(19)28-29(24(20)15-4-2-3-5-15)18-8-11-22(26)21(25)13-18/h7-8,10-13,15,20,24H,2-6,9,26H2,1H3,(H,27,30). The summed E-state index contributed by atoms with van der Waals surface area (Å²) in [4.78, 5) is 11.4. The lowest BCUT2D eigenvalue weighted by Crippen LogP contribution is -2.40. The Labute approximate surface area is 182 Å². The van der Waals surface area contributed by atoms with Crippen molar-refractivity contribution in [3.05, 3.63) is 52.5 Å². The number of hydrogen-bond donors (Lipinski definition) is 2. The first-order chi connectivity index (χ1) is 14.5. The third-order valence-corrected chi connectivity index (χ3v) is 7.15. The minimum Gasteiger partial charge on any atom is -0.398 e. The molecule has 0 spiro atoms. The summed E-state index contributed by atoms with van der Waals surface area (Å²) in [5.74, 6) is 1.02. The highest BCUT2D eigenvalue weighted by molar-refractivity contribution is 6.33. The molecule has 6 heteroatoms. The van der Waals surface area contributed by atoms with E-state index in [1.165, 1.54) is 42.5 Å². The maximum absolute atomic E-state index is 11.4. The van der Waals surface area contributed by atoms with E-state index in [1.54, 1.807) is 6.92 Å². The smallest absolute Gasteiger partial charge is 0.221 e. The van der Waals surface area contributed by atoms with Crippen LogP contribution < -0.4 is 16.1 Å². The monoisotopic (exact) mass is 422 g/mol. The molecule has 1 saturated carbocycles. The van der Waals surface area contributed by atoms with Crippen LogP contribution in [0.4, 0.5) is 17.1 Å². The van der Waals surface area contributed by atoms with Crippen LogP contribution in [0.15, 0.2) is 41.5 Å². The Hall–Kier alpha value is -2.53. The van der Waals surface area contributed by atoms with Gasteiger partial charge in [-0.2, -0.15) is 5.10 Å². The van der Waals surface area contributed by atoms with Gasteiger partial charge in [-0.25, -0.2) is 0 Å². The molecule has 0 bridgehead atoms. The summed E-state index contributed by atoms with van der Waals surface area (Å²) in [6.07, 6.45) is 7.21. The molecule has 0 aromatic heterocycles. The van der Waals surface area contributed by atoms with E-state index in [-0.39, 0.29) is 5.91 Å². The number of amides is 1. The molecule has 0 saturated heterocycles. The summed E-state index contributed by atoms with van der Waals surface area (Å²) >= 11 is 6.36. The van der Waals surface area contributed by atoms with E-state index in [1.807, 2.05) is 24.3 Å². The quantitative estimate of drug-likeness (QED) is 0.665. The minimum absolute atomic E-state index is 0.0467. The molecule has 3 aliphatic rings. The molecule has 156 valence electrons. The van der Waals surface area contributed by atoms with E-state index in [9.17, 15) is 4.79 Å². The maximum Gasteiger partial charge on any atom is 0.221 e. The van der Waals surface area contributed by atoms with Gasteiger partial charge in [-0.15, -0.1) is 0 Å². The Balaban J connectivity index is 1.55. The maximum atomic E-state index is 11.4. The molecule has 1 fully saturated rings. The fourth-order valence-corrected chi connectivity index (χ4v) is 5.68. The van der Waals surface area contributed by atoms with Crippen molar-refractivity contribution in [3.8, 4) is 0 Å². The largest absolute Gasteiger partial charge is 0.398 e. The van der Waals surface area contributed by atoms with Crippen LogP contribution in [0.25, 0.3) is 0 Å². The predicted octanol–water partition coefficient (Wildman–Crippen LogP) is 5.23. The summed E-state index contributed by atoms with van der Waals surface area (Å²) in [7, 11) is 0. The van der Waals surface area contributed by atoms with Crippen molar-refractivity contribution in [1.29, 1.82) is 0 Å². The Morgan fingerprint density at radius 3 is 2.70 bits per heavy atom. The van der Waals surface area contributed by atoms with Crippen LogP contribution in [-0.4, -0.2) is 17.7 Å². The topological polar surface area (TPSA) is 70.7 Å².